The van der Waals surface area contributed by atoms with Crippen LogP contribution in [0, 0.1) is 24.0 Å². The Bertz CT molecular complexity index is 1010. The minimum absolute atomic E-state index is 0.0609. The number of nitro benzene ring substituents is 1. The van der Waals surface area contributed by atoms with Gasteiger partial charge in [0.15, 0.2) is 0 Å². The van der Waals surface area contributed by atoms with E-state index < -0.39 is 34.9 Å². The highest BCUT2D eigenvalue weighted by molar-refractivity contribution is 6.24. The van der Waals surface area contributed by atoms with Gasteiger partial charge in [-0.2, -0.15) is 0 Å². The largest absolute Gasteiger partial charge is 0.348 e. The van der Waals surface area contributed by atoms with Crippen LogP contribution in [0.2, 0.25) is 0 Å². The summed E-state index contributed by atoms with van der Waals surface area (Å²) in [7, 11) is 0. The monoisotopic (exact) mass is 381 g/mol. The number of amides is 3. The van der Waals surface area contributed by atoms with Gasteiger partial charge in [-0.3, -0.25) is 29.4 Å². The third-order valence-corrected chi connectivity index (χ3v) is 4.88. The molecule has 0 bridgehead atoms. The second-order valence-corrected chi connectivity index (χ2v) is 6.79. The molecule has 0 unspecified atom stereocenters. The molecule has 0 radical (unpaired) electrons. The summed E-state index contributed by atoms with van der Waals surface area (Å²) in [5, 5.41) is 13.9. The SMILES string of the molecule is Cc1ccc([C@@H](C)NC(=O)CN2C(=O)c3cccc([N+](=O)[O-])c3C2=O)cc1C. The van der Waals surface area contributed by atoms with Crippen molar-refractivity contribution in [3.63, 3.8) is 0 Å². The van der Waals surface area contributed by atoms with Gasteiger partial charge in [0.05, 0.1) is 16.5 Å². The molecule has 0 spiro atoms. The minimum Gasteiger partial charge on any atom is -0.348 e. The highest BCUT2D eigenvalue weighted by Gasteiger charge is 2.41. The van der Waals surface area contributed by atoms with Crippen LogP contribution < -0.4 is 5.32 Å². The average Bonchev–Trinajstić information content (AvgIpc) is 2.88. The molecular formula is C20H19N3O5. The number of fused-ring (bicyclic) bond motifs is 1. The molecule has 1 atom stereocenters. The molecule has 0 fully saturated rings. The maximum atomic E-state index is 12.5. The number of rotatable bonds is 5. The van der Waals surface area contributed by atoms with Gasteiger partial charge in [0, 0.05) is 6.07 Å². The van der Waals surface area contributed by atoms with Crippen molar-refractivity contribution in [3.8, 4) is 0 Å². The lowest BCUT2D eigenvalue weighted by Gasteiger charge is -2.18. The summed E-state index contributed by atoms with van der Waals surface area (Å²) in [5.41, 5.74) is 2.35. The lowest BCUT2D eigenvalue weighted by atomic mass is 10.0. The number of hydrogen-bond acceptors (Lipinski definition) is 5. The Morgan fingerprint density at radius 2 is 1.86 bits per heavy atom. The number of hydrogen-bond donors (Lipinski definition) is 1. The zero-order valence-corrected chi connectivity index (χ0v) is 15.7. The number of benzene rings is 2. The van der Waals surface area contributed by atoms with Gasteiger partial charge in [-0.05, 0) is 43.5 Å². The standard InChI is InChI=1S/C20H19N3O5/c1-11-7-8-14(9-12(11)2)13(3)21-17(24)10-22-19(25)15-5-4-6-16(23(27)28)18(15)20(22)26/h4-9,13H,10H2,1-3H3,(H,21,24)/t13-/m1/s1. The predicted molar refractivity (Wildman–Crippen MR) is 101 cm³/mol. The molecule has 0 aliphatic carbocycles. The van der Waals surface area contributed by atoms with Crippen LogP contribution in [0.1, 0.15) is 50.4 Å². The average molecular weight is 381 g/mol. The lowest BCUT2D eigenvalue weighted by molar-refractivity contribution is -0.385. The van der Waals surface area contributed by atoms with Crippen molar-refractivity contribution in [1.29, 1.82) is 0 Å². The van der Waals surface area contributed by atoms with Crippen LogP contribution in [-0.4, -0.2) is 34.1 Å². The number of aryl methyl sites for hydroxylation is 2. The van der Waals surface area contributed by atoms with E-state index >= 15 is 0 Å². The van der Waals surface area contributed by atoms with Crippen molar-refractivity contribution in [2.75, 3.05) is 6.54 Å². The number of carbonyl (C=O) groups is 3. The molecule has 3 rings (SSSR count). The van der Waals surface area contributed by atoms with Crippen LogP contribution in [-0.2, 0) is 4.79 Å². The highest BCUT2D eigenvalue weighted by Crippen LogP contribution is 2.30. The molecule has 0 aromatic heterocycles. The fourth-order valence-electron chi connectivity index (χ4n) is 3.16. The first-order valence-corrected chi connectivity index (χ1v) is 8.70. The minimum atomic E-state index is -0.832. The zero-order chi connectivity index (χ0) is 20.6. The summed E-state index contributed by atoms with van der Waals surface area (Å²) >= 11 is 0. The maximum absolute atomic E-state index is 12.5. The Morgan fingerprint density at radius 3 is 2.50 bits per heavy atom. The van der Waals surface area contributed by atoms with Crippen molar-refractivity contribution < 1.29 is 19.3 Å². The molecule has 1 aliphatic heterocycles. The summed E-state index contributed by atoms with van der Waals surface area (Å²) in [6.07, 6.45) is 0. The Balaban J connectivity index is 1.75. The third kappa shape index (κ3) is 3.36. The first-order valence-electron chi connectivity index (χ1n) is 8.70. The second-order valence-electron chi connectivity index (χ2n) is 6.79. The highest BCUT2D eigenvalue weighted by atomic mass is 16.6. The molecule has 0 saturated carbocycles. The van der Waals surface area contributed by atoms with Crippen LogP contribution in [0.25, 0.3) is 0 Å². The van der Waals surface area contributed by atoms with Crippen LogP contribution in [0.15, 0.2) is 36.4 Å². The molecule has 1 heterocycles. The quantitative estimate of drug-likeness (QED) is 0.486. The van der Waals surface area contributed by atoms with E-state index in [2.05, 4.69) is 5.32 Å². The zero-order valence-electron chi connectivity index (χ0n) is 15.7. The van der Waals surface area contributed by atoms with Gasteiger partial charge in [-0.15, -0.1) is 0 Å². The first kappa shape index (κ1) is 19.2. The van der Waals surface area contributed by atoms with Gasteiger partial charge in [-0.1, -0.05) is 24.3 Å². The van der Waals surface area contributed by atoms with Gasteiger partial charge in [0.2, 0.25) is 5.91 Å². The molecule has 2 aromatic carbocycles. The van der Waals surface area contributed by atoms with Gasteiger partial charge < -0.3 is 5.32 Å². The van der Waals surface area contributed by atoms with E-state index in [1.54, 1.807) is 6.92 Å². The summed E-state index contributed by atoms with van der Waals surface area (Å²) in [6, 6.07) is 9.35. The fourth-order valence-corrected chi connectivity index (χ4v) is 3.16. The number of nitrogens with one attached hydrogen (secondary N) is 1. The van der Waals surface area contributed by atoms with E-state index in [0.717, 1.165) is 27.7 Å². The topological polar surface area (TPSA) is 110 Å². The van der Waals surface area contributed by atoms with E-state index in [0.29, 0.717) is 0 Å². The van der Waals surface area contributed by atoms with Crippen molar-refractivity contribution in [3.05, 3.63) is 74.3 Å². The summed E-state index contributed by atoms with van der Waals surface area (Å²) in [5.74, 6) is -2.07. The van der Waals surface area contributed by atoms with Crippen molar-refractivity contribution in [1.82, 2.24) is 10.2 Å². The van der Waals surface area contributed by atoms with Crippen LogP contribution in [0.5, 0.6) is 0 Å². The first-order chi connectivity index (χ1) is 13.2. The van der Waals surface area contributed by atoms with Crippen molar-refractivity contribution in [2.45, 2.75) is 26.8 Å². The molecule has 0 saturated heterocycles. The van der Waals surface area contributed by atoms with E-state index in [9.17, 15) is 24.5 Å². The van der Waals surface area contributed by atoms with E-state index in [1.165, 1.54) is 12.1 Å². The number of carbonyl (C=O) groups excluding carboxylic acids is 3. The van der Waals surface area contributed by atoms with E-state index in [4.69, 9.17) is 0 Å². The maximum Gasteiger partial charge on any atom is 0.282 e. The number of nitro groups is 1. The number of imide groups is 1. The van der Waals surface area contributed by atoms with Gasteiger partial charge in [-0.25, -0.2) is 0 Å². The second kappa shape index (κ2) is 7.22. The normalized spacial score (nSPS) is 14.0. The fraction of sp³-hybridized carbons (Fsp3) is 0.250. The summed E-state index contributed by atoms with van der Waals surface area (Å²) < 4.78 is 0. The Hall–Kier alpha value is -3.55. The Kier molecular flexibility index (Phi) is 4.96. The smallest absolute Gasteiger partial charge is 0.282 e. The van der Waals surface area contributed by atoms with Crippen LogP contribution >= 0.6 is 0 Å². The summed E-state index contributed by atoms with van der Waals surface area (Å²) in [6.45, 7) is 5.26. The molecule has 144 valence electrons. The van der Waals surface area contributed by atoms with Gasteiger partial charge in [0.1, 0.15) is 12.1 Å². The van der Waals surface area contributed by atoms with Crippen molar-refractivity contribution in [2.24, 2.45) is 0 Å². The molecule has 3 amide bonds. The lowest BCUT2D eigenvalue weighted by Crippen LogP contribution is -2.41. The van der Waals surface area contributed by atoms with E-state index in [1.807, 2.05) is 32.0 Å². The Labute approximate surface area is 161 Å². The van der Waals surface area contributed by atoms with Gasteiger partial charge in [0.25, 0.3) is 17.5 Å². The molecule has 8 nitrogen and oxygen atoms in total. The van der Waals surface area contributed by atoms with Crippen LogP contribution in [0.3, 0.4) is 0 Å². The van der Waals surface area contributed by atoms with Crippen molar-refractivity contribution >= 4 is 23.4 Å². The molecular weight excluding hydrogens is 362 g/mol. The third-order valence-electron chi connectivity index (χ3n) is 4.88. The molecule has 1 aliphatic rings. The molecule has 28 heavy (non-hydrogen) atoms. The number of nitrogens with zero attached hydrogens (tertiary/aromatic N) is 2. The van der Waals surface area contributed by atoms with E-state index in [-0.39, 0.29) is 17.2 Å². The van der Waals surface area contributed by atoms with Crippen LogP contribution in [0.4, 0.5) is 5.69 Å². The molecule has 1 N–H and O–H groups in total. The Morgan fingerprint density at radius 1 is 1.14 bits per heavy atom. The molecule has 8 heteroatoms. The summed E-state index contributed by atoms with van der Waals surface area (Å²) in [4.78, 5) is 48.6. The molecule has 2 aromatic rings. The predicted octanol–water partition coefficient (Wildman–Crippen LogP) is 2.69. The van der Waals surface area contributed by atoms with Gasteiger partial charge >= 0.3 is 0 Å².